The maximum absolute atomic E-state index is 2.67. The number of rotatable bonds is 19. The molecule has 0 amide bonds. The molecule has 0 saturated carbocycles. The van der Waals surface area contributed by atoms with Crippen molar-refractivity contribution >= 4 is 11.8 Å². The highest BCUT2D eigenvalue weighted by Gasteiger charge is 2.03. The molecule has 0 N–H and O–H groups in total. The highest BCUT2D eigenvalue weighted by Crippen LogP contribution is 2.13. The summed E-state index contributed by atoms with van der Waals surface area (Å²) >= 11 is 2.17. The van der Waals surface area contributed by atoms with Crippen molar-refractivity contribution in [2.45, 2.75) is 111 Å². The monoisotopic (exact) mass is 343 g/mol. The molecule has 0 aliphatic carbocycles. The number of hydrogen-bond acceptors (Lipinski definition) is 2. The molecule has 140 valence electrons. The molecule has 1 nitrogen and oxygen atoms in total. The van der Waals surface area contributed by atoms with Crippen LogP contribution in [-0.4, -0.2) is 29.6 Å². The largest absolute Gasteiger partial charge is 0.294 e. The van der Waals surface area contributed by atoms with Crippen LogP contribution in [0.4, 0.5) is 0 Å². The van der Waals surface area contributed by atoms with Crippen LogP contribution in [0, 0.1) is 0 Å². The van der Waals surface area contributed by atoms with Gasteiger partial charge in [-0.1, -0.05) is 91.4 Å². The van der Waals surface area contributed by atoms with Crippen molar-refractivity contribution < 1.29 is 0 Å². The minimum atomic E-state index is 1.26. The van der Waals surface area contributed by atoms with Crippen LogP contribution in [0.25, 0.3) is 0 Å². The van der Waals surface area contributed by atoms with Crippen LogP contribution in [0.5, 0.6) is 0 Å². The molecule has 0 saturated heterocycles. The fourth-order valence-corrected chi connectivity index (χ4v) is 3.94. The van der Waals surface area contributed by atoms with Gasteiger partial charge >= 0.3 is 0 Å². The Morgan fingerprint density at radius 2 is 0.957 bits per heavy atom. The van der Waals surface area contributed by atoms with Gasteiger partial charge < -0.3 is 0 Å². The lowest BCUT2D eigenvalue weighted by atomic mass is 10.1. The first-order valence-corrected chi connectivity index (χ1v) is 11.8. The molecule has 0 unspecified atom stereocenters. The van der Waals surface area contributed by atoms with E-state index in [0.717, 1.165) is 0 Å². The average molecular weight is 344 g/mol. The summed E-state index contributed by atoms with van der Waals surface area (Å²) in [4.78, 5) is 2.67. The lowest BCUT2D eigenvalue weighted by molar-refractivity contribution is 0.310. The Labute approximate surface area is 152 Å². The van der Waals surface area contributed by atoms with Gasteiger partial charge in [0.25, 0.3) is 0 Å². The van der Waals surface area contributed by atoms with Crippen LogP contribution in [0.1, 0.15) is 111 Å². The van der Waals surface area contributed by atoms with Gasteiger partial charge in [-0.15, -0.1) is 11.8 Å². The maximum atomic E-state index is 2.67. The van der Waals surface area contributed by atoms with Crippen molar-refractivity contribution in [3.8, 4) is 0 Å². The summed E-state index contributed by atoms with van der Waals surface area (Å²) in [5, 5.41) is 0. The molecular weight excluding hydrogens is 298 g/mol. The van der Waals surface area contributed by atoms with E-state index in [2.05, 4.69) is 37.4 Å². The van der Waals surface area contributed by atoms with Crippen molar-refractivity contribution in [1.82, 2.24) is 4.90 Å². The van der Waals surface area contributed by atoms with Gasteiger partial charge in [0.15, 0.2) is 0 Å². The molecule has 0 heterocycles. The van der Waals surface area contributed by atoms with Crippen molar-refractivity contribution in [1.29, 1.82) is 0 Å². The summed E-state index contributed by atoms with van der Waals surface area (Å²) in [6.07, 6.45) is 19.9. The molecule has 0 aromatic carbocycles. The van der Waals surface area contributed by atoms with Crippen LogP contribution in [-0.2, 0) is 0 Å². The molecule has 0 fully saturated rings. The first-order valence-electron chi connectivity index (χ1n) is 10.6. The van der Waals surface area contributed by atoms with Crippen molar-refractivity contribution in [3.63, 3.8) is 0 Å². The Kier molecular flexibility index (Phi) is 20.6. The Morgan fingerprint density at radius 1 is 0.522 bits per heavy atom. The SMILES string of the molecule is CCCCCCCCCCCCSCN(CCCC)CCCC. The van der Waals surface area contributed by atoms with E-state index in [1.54, 1.807) is 0 Å². The van der Waals surface area contributed by atoms with E-state index >= 15 is 0 Å². The Balaban J connectivity index is 3.31. The van der Waals surface area contributed by atoms with Gasteiger partial charge in [0.1, 0.15) is 0 Å². The van der Waals surface area contributed by atoms with Gasteiger partial charge in [-0.2, -0.15) is 0 Å². The van der Waals surface area contributed by atoms with Gasteiger partial charge in [0.2, 0.25) is 0 Å². The Morgan fingerprint density at radius 3 is 1.43 bits per heavy atom. The maximum Gasteiger partial charge on any atom is 0.0444 e. The highest BCUT2D eigenvalue weighted by molar-refractivity contribution is 7.99. The second kappa shape index (κ2) is 20.4. The standard InChI is InChI=1S/C21H45NS/c1-4-7-10-11-12-13-14-15-16-17-20-23-21-22(18-8-5-2)19-9-6-3/h4-21H2,1-3H3. The molecule has 2 heteroatoms. The van der Waals surface area contributed by atoms with E-state index in [1.807, 2.05) is 0 Å². The number of hydrogen-bond donors (Lipinski definition) is 0. The van der Waals surface area contributed by atoms with E-state index in [-0.39, 0.29) is 0 Å². The lowest BCUT2D eigenvalue weighted by Crippen LogP contribution is -2.25. The molecule has 23 heavy (non-hydrogen) atoms. The summed E-state index contributed by atoms with van der Waals surface area (Å²) in [6.45, 7) is 9.51. The van der Waals surface area contributed by atoms with Crippen molar-refractivity contribution in [3.05, 3.63) is 0 Å². The number of thioether (sulfide) groups is 1. The van der Waals surface area contributed by atoms with E-state index < -0.39 is 0 Å². The zero-order valence-electron chi connectivity index (χ0n) is 16.6. The van der Waals surface area contributed by atoms with Gasteiger partial charge in [-0.05, 0) is 38.1 Å². The molecule has 0 spiro atoms. The van der Waals surface area contributed by atoms with Crippen LogP contribution >= 0.6 is 11.8 Å². The second-order valence-electron chi connectivity index (χ2n) is 7.04. The predicted molar refractivity (Wildman–Crippen MR) is 111 cm³/mol. The predicted octanol–water partition coefficient (Wildman–Crippen LogP) is 7.50. The third kappa shape index (κ3) is 18.5. The van der Waals surface area contributed by atoms with E-state index in [0.29, 0.717) is 0 Å². The minimum absolute atomic E-state index is 1.26. The Hall–Kier alpha value is 0.310. The highest BCUT2D eigenvalue weighted by atomic mass is 32.2. The topological polar surface area (TPSA) is 3.24 Å². The fourth-order valence-electron chi connectivity index (χ4n) is 2.89. The molecule has 0 aliphatic rings. The summed E-state index contributed by atoms with van der Waals surface area (Å²) in [7, 11) is 0. The zero-order valence-corrected chi connectivity index (χ0v) is 17.4. The van der Waals surface area contributed by atoms with Crippen LogP contribution in [0.2, 0.25) is 0 Å². The zero-order chi connectivity index (χ0) is 17.0. The third-order valence-corrected chi connectivity index (χ3v) is 5.70. The lowest BCUT2D eigenvalue weighted by Gasteiger charge is -2.21. The molecule has 0 atom stereocenters. The van der Waals surface area contributed by atoms with E-state index in [4.69, 9.17) is 0 Å². The van der Waals surface area contributed by atoms with Gasteiger partial charge in [-0.3, -0.25) is 4.90 Å². The molecule has 0 bridgehead atoms. The quantitative estimate of drug-likeness (QED) is 0.176. The van der Waals surface area contributed by atoms with Crippen LogP contribution in [0.3, 0.4) is 0 Å². The summed E-state index contributed by atoms with van der Waals surface area (Å²) < 4.78 is 0. The molecular formula is C21H45NS. The van der Waals surface area contributed by atoms with Gasteiger partial charge in [-0.25, -0.2) is 0 Å². The van der Waals surface area contributed by atoms with Crippen LogP contribution < -0.4 is 0 Å². The number of nitrogens with zero attached hydrogens (tertiary/aromatic N) is 1. The first-order chi connectivity index (χ1) is 11.3. The second-order valence-corrected chi connectivity index (χ2v) is 8.12. The molecule has 0 aliphatic heterocycles. The normalized spacial score (nSPS) is 11.5. The molecule has 0 aromatic rings. The smallest absolute Gasteiger partial charge is 0.0444 e. The third-order valence-electron chi connectivity index (χ3n) is 4.57. The van der Waals surface area contributed by atoms with Crippen molar-refractivity contribution in [2.75, 3.05) is 24.7 Å². The van der Waals surface area contributed by atoms with Gasteiger partial charge in [0.05, 0.1) is 0 Å². The van der Waals surface area contributed by atoms with Crippen LogP contribution in [0.15, 0.2) is 0 Å². The molecule has 0 radical (unpaired) electrons. The van der Waals surface area contributed by atoms with E-state index in [1.165, 1.54) is 115 Å². The van der Waals surface area contributed by atoms with E-state index in [9.17, 15) is 0 Å². The number of unbranched alkanes of at least 4 members (excludes halogenated alkanes) is 11. The average Bonchev–Trinajstić information content (AvgIpc) is 2.57. The first kappa shape index (κ1) is 23.3. The Bertz CT molecular complexity index is 200. The van der Waals surface area contributed by atoms with Gasteiger partial charge in [0, 0.05) is 5.88 Å². The fraction of sp³-hybridized carbons (Fsp3) is 1.00. The summed E-state index contributed by atoms with van der Waals surface area (Å²) in [5.41, 5.74) is 0. The summed E-state index contributed by atoms with van der Waals surface area (Å²) in [6, 6.07) is 0. The minimum Gasteiger partial charge on any atom is -0.294 e. The molecule has 0 rings (SSSR count). The van der Waals surface area contributed by atoms with Crippen molar-refractivity contribution in [2.24, 2.45) is 0 Å². The summed E-state index contributed by atoms with van der Waals surface area (Å²) in [5.74, 6) is 2.63. The molecule has 0 aromatic heterocycles.